The Morgan fingerprint density at radius 3 is 2.86 bits per heavy atom. The number of rotatable bonds is 6. The second kappa shape index (κ2) is 9.55. The largest absolute Gasteiger partial charge is 0.439 e. The molecule has 1 aromatic carbocycles. The third-order valence-electron chi connectivity index (χ3n) is 5.08. The number of pyridine rings is 1. The average molecular weight is 383 g/mol. The Morgan fingerprint density at radius 2 is 2.14 bits per heavy atom. The fourth-order valence-electron chi connectivity index (χ4n) is 3.28. The first-order chi connectivity index (χ1) is 13.5. The number of nitrogens with zero attached hydrogens (tertiary/aromatic N) is 3. The highest BCUT2D eigenvalue weighted by molar-refractivity contribution is 5.79. The number of nitrogens with one attached hydrogen (secondary N) is 1. The van der Waals surface area contributed by atoms with Crippen LogP contribution in [0.15, 0.2) is 41.5 Å². The molecule has 1 atom stereocenters. The monoisotopic (exact) mass is 382 g/mol. The van der Waals surface area contributed by atoms with Crippen LogP contribution in [0.5, 0.6) is 11.6 Å². The Morgan fingerprint density at radius 1 is 1.29 bits per heavy atom. The number of hydrogen-bond acceptors (Lipinski definition) is 4. The normalized spacial score (nSPS) is 16.9. The third-order valence-corrected chi connectivity index (χ3v) is 5.08. The van der Waals surface area contributed by atoms with Gasteiger partial charge in [-0.15, -0.1) is 0 Å². The standard InChI is InChI=1S/C22H30N4O2/c1-16-5-6-20(11-17(16)2)28-21-12-18(7-9-24-21)13-25-22(23-3)26(4)14-19-8-10-27-15-19/h5-7,9,11-12,19H,8,10,13-15H2,1-4H3,(H,23,25). The topological polar surface area (TPSA) is 59.0 Å². The van der Waals surface area contributed by atoms with Crippen molar-refractivity contribution < 1.29 is 9.47 Å². The Balaban J connectivity index is 1.57. The van der Waals surface area contributed by atoms with E-state index in [1.54, 1.807) is 6.20 Å². The maximum atomic E-state index is 5.93. The van der Waals surface area contributed by atoms with Crippen LogP contribution in [0.2, 0.25) is 0 Å². The van der Waals surface area contributed by atoms with Crippen molar-refractivity contribution in [1.82, 2.24) is 15.2 Å². The van der Waals surface area contributed by atoms with E-state index in [0.717, 1.165) is 43.5 Å². The summed E-state index contributed by atoms with van der Waals surface area (Å²) in [5, 5.41) is 3.42. The highest BCUT2D eigenvalue weighted by atomic mass is 16.5. The predicted molar refractivity (Wildman–Crippen MR) is 112 cm³/mol. The number of aryl methyl sites for hydroxylation is 2. The van der Waals surface area contributed by atoms with E-state index in [9.17, 15) is 0 Å². The minimum absolute atomic E-state index is 0.572. The Labute approximate surface area is 167 Å². The van der Waals surface area contributed by atoms with Gasteiger partial charge >= 0.3 is 0 Å². The molecule has 0 radical (unpaired) electrons. The Kier molecular flexibility index (Phi) is 6.87. The summed E-state index contributed by atoms with van der Waals surface area (Å²) >= 11 is 0. The molecule has 0 spiro atoms. The molecule has 0 aliphatic carbocycles. The fraction of sp³-hybridized carbons (Fsp3) is 0.455. The van der Waals surface area contributed by atoms with E-state index in [1.165, 1.54) is 11.1 Å². The molecule has 2 heterocycles. The fourth-order valence-corrected chi connectivity index (χ4v) is 3.28. The van der Waals surface area contributed by atoms with E-state index in [0.29, 0.717) is 18.3 Å². The number of aromatic nitrogens is 1. The van der Waals surface area contributed by atoms with Gasteiger partial charge < -0.3 is 19.7 Å². The van der Waals surface area contributed by atoms with E-state index in [1.807, 2.05) is 31.3 Å². The molecule has 150 valence electrons. The van der Waals surface area contributed by atoms with Gasteiger partial charge in [0.05, 0.1) is 6.61 Å². The zero-order valence-corrected chi connectivity index (χ0v) is 17.2. The molecular formula is C22H30N4O2. The molecule has 1 aliphatic rings. The summed E-state index contributed by atoms with van der Waals surface area (Å²) in [6.45, 7) is 7.47. The average Bonchev–Trinajstić information content (AvgIpc) is 3.18. The van der Waals surface area contributed by atoms with Crippen LogP contribution >= 0.6 is 0 Å². The smallest absolute Gasteiger partial charge is 0.219 e. The molecule has 6 heteroatoms. The second-order valence-electron chi connectivity index (χ2n) is 7.36. The maximum Gasteiger partial charge on any atom is 0.219 e. The van der Waals surface area contributed by atoms with Crippen LogP contribution in [0.25, 0.3) is 0 Å². The molecule has 3 rings (SSSR count). The first kappa shape index (κ1) is 20.1. The van der Waals surface area contributed by atoms with Gasteiger partial charge in [0.2, 0.25) is 5.88 Å². The third kappa shape index (κ3) is 5.45. The van der Waals surface area contributed by atoms with Crippen LogP contribution < -0.4 is 10.1 Å². The SMILES string of the molecule is CN=C(NCc1ccnc(Oc2ccc(C)c(C)c2)c1)N(C)CC1CCOC1. The van der Waals surface area contributed by atoms with Crippen LogP contribution in [-0.2, 0) is 11.3 Å². The van der Waals surface area contributed by atoms with Crippen LogP contribution in [0, 0.1) is 19.8 Å². The van der Waals surface area contributed by atoms with Crippen molar-refractivity contribution in [2.45, 2.75) is 26.8 Å². The number of guanidine groups is 1. The van der Waals surface area contributed by atoms with Gasteiger partial charge in [-0.05, 0) is 55.2 Å². The van der Waals surface area contributed by atoms with Gasteiger partial charge in [-0.3, -0.25) is 4.99 Å². The van der Waals surface area contributed by atoms with Crippen LogP contribution in [-0.4, -0.2) is 49.7 Å². The minimum Gasteiger partial charge on any atom is -0.439 e. The summed E-state index contributed by atoms with van der Waals surface area (Å²) in [5.74, 6) is 2.84. The summed E-state index contributed by atoms with van der Waals surface area (Å²) in [6.07, 6.45) is 2.89. The van der Waals surface area contributed by atoms with Crippen molar-refractivity contribution in [3.8, 4) is 11.6 Å². The van der Waals surface area contributed by atoms with Gasteiger partial charge in [-0.2, -0.15) is 0 Å². The number of aliphatic imine (C=N–C) groups is 1. The van der Waals surface area contributed by atoms with Crippen LogP contribution in [0.4, 0.5) is 0 Å². The first-order valence-electron chi connectivity index (χ1n) is 9.74. The summed E-state index contributed by atoms with van der Waals surface area (Å²) < 4.78 is 11.4. The molecule has 2 aromatic rings. The summed E-state index contributed by atoms with van der Waals surface area (Å²) in [5.41, 5.74) is 3.54. The first-order valence-corrected chi connectivity index (χ1v) is 9.74. The van der Waals surface area contributed by atoms with Gasteiger partial charge in [-0.1, -0.05) is 6.07 Å². The molecule has 1 unspecified atom stereocenters. The lowest BCUT2D eigenvalue weighted by molar-refractivity contribution is 0.181. The molecular weight excluding hydrogens is 352 g/mol. The van der Waals surface area contributed by atoms with E-state index >= 15 is 0 Å². The van der Waals surface area contributed by atoms with Crippen molar-refractivity contribution in [3.05, 3.63) is 53.2 Å². The zero-order chi connectivity index (χ0) is 19.9. The summed E-state index contributed by atoms with van der Waals surface area (Å²) in [7, 11) is 3.87. The van der Waals surface area contributed by atoms with E-state index in [2.05, 4.69) is 47.2 Å². The van der Waals surface area contributed by atoms with E-state index < -0.39 is 0 Å². The quantitative estimate of drug-likeness (QED) is 0.612. The molecule has 1 saturated heterocycles. The highest BCUT2D eigenvalue weighted by Gasteiger charge is 2.19. The molecule has 0 saturated carbocycles. The van der Waals surface area contributed by atoms with Crippen LogP contribution in [0.3, 0.4) is 0 Å². The highest BCUT2D eigenvalue weighted by Crippen LogP contribution is 2.22. The Hall–Kier alpha value is -2.60. The van der Waals surface area contributed by atoms with Crippen molar-refractivity contribution in [2.24, 2.45) is 10.9 Å². The van der Waals surface area contributed by atoms with Gasteiger partial charge in [0.15, 0.2) is 5.96 Å². The van der Waals surface area contributed by atoms with Crippen molar-refractivity contribution in [2.75, 3.05) is 33.9 Å². The van der Waals surface area contributed by atoms with Gasteiger partial charge in [0.1, 0.15) is 5.75 Å². The van der Waals surface area contributed by atoms with Crippen LogP contribution in [0.1, 0.15) is 23.1 Å². The predicted octanol–water partition coefficient (Wildman–Crippen LogP) is 3.53. The summed E-state index contributed by atoms with van der Waals surface area (Å²) in [4.78, 5) is 10.9. The molecule has 1 N–H and O–H groups in total. The molecule has 28 heavy (non-hydrogen) atoms. The van der Waals surface area contributed by atoms with Crippen molar-refractivity contribution >= 4 is 5.96 Å². The van der Waals surface area contributed by atoms with Gasteiger partial charge in [-0.25, -0.2) is 4.98 Å². The van der Waals surface area contributed by atoms with Crippen molar-refractivity contribution in [1.29, 1.82) is 0 Å². The summed E-state index contributed by atoms with van der Waals surface area (Å²) in [6, 6.07) is 10.0. The number of hydrogen-bond donors (Lipinski definition) is 1. The molecule has 1 fully saturated rings. The number of benzene rings is 1. The van der Waals surface area contributed by atoms with Gasteiger partial charge in [0, 0.05) is 52.0 Å². The molecule has 0 amide bonds. The zero-order valence-electron chi connectivity index (χ0n) is 17.2. The van der Waals surface area contributed by atoms with Gasteiger partial charge in [0.25, 0.3) is 0 Å². The second-order valence-corrected chi connectivity index (χ2v) is 7.36. The Bertz CT molecular complexity index is 816. The molecule has 6 nitrogen and oxygen atoms in total. The molecule has 0 bridgehead atoms. The van der Waals surface area contributed by atoms with Crippen molar-refractivity contribution in [3.63, 3.8) is 0 Å². The lowest BCUT2D eigenvalue weighted by Crippen LogP contribution is -2.41. The maximum absolute atomic E-state index is 5.93. The lowest BCUT2D eigenvalue weighted by atomic mass is 10.1. The van der Waals surface area contributed by atoms with E-state index in [4.69, 9.17) is 9.47 Å². The van der Waals surface area contributed by atoms with E-state index in [-0.39, 0.29) is 0 Å². The number of ether oxygens (including phenoxy) is 2. The minimum atomic E-state index is 0.572. The molecule has 1 aliphatic heterocycles. The molecule has 1 aromatic heterocycles. The lowest BCUT2D eigenvalue weighted by Gasteiger charge is -2.24.